The number of amides is 3. The zero-order valence-corrected chi connectivity index (χ0v) is 15.8. The predicted octanol–water partition coefficient (Wildman–Crippen LogP) is 2.65. The molecule has 0 fully saturated rings. The summed E-state index contributed by atoms with van der Waals surface area (Å²) in [5.41, 5.74) is 2.84. The molecule has 28 heavy (non-hydrogen) atoms. The molecule has 2 aromatic carbocycles. The first-order valence-corrected chi connectivity index (χ1v) is 8.96. The highest BCUT2D eigenvalue weighted by atomic mass is 16.2. The lowest BCUT2D eigenvalue weighted by Gasteiger charge is -2.12. The fourth-order valence-electron chi connectivity index (χ4n) is 2.67. The smallest absolute Gasteiger partial charge is 0.319 e. The number of aromatic nitrogens is 3. The van der Waals surface area contributed by atoms with Crippen molar-refractivity contribution in [3.8, 4) is 5.69 Å². The van der Waals surface area contributed by atoms with Gasteiger partial charge in [-0.2, -0.15) is 0 Å². The van der Waals surface area contributed by atoms with Gasteiger partial charge < -0.3 is 16.0 Å². The van der Waals surface area contributed by atoms with E-state index in [-0.39, 0.29) is 12.5 Å². The molecular formula is C20H22N6O2. The highest BCUT2D eigenvalue weighted by Gasteiger charge is 2.11. The van der Waals surface area contributed by atoms with Crippen LogP contribution in [-0.2, 0) is 6.54 Å². The summed E-state index contributed by atoms with van der Waals surface area (Å²) in [7, 11) is 0. The van der Waals surface area contributed by atoms with Crippen LogP contribution in [-0.4, -0.2) is 33.2 Å². The Bertz CT molecular complexity index is 968. The van der Waals surface area contributed by atoms with Crippen molar-refractivity contribution in [2.75, 3.05) is 11.9 Å². The van der Waals surface area contributed by atoms with E-state index >= 15 is 0 Å². The topological polar surface area (TPSA) is 101 Å². The molecule has 0 unspecified atom stereocenters. The number of para-hydroxylation sites is 1. The summed E-state index contributed by atoms with van der Waals surface area (Å²) in [6.07, 6.45) is 1.60. The molecule has 0 saturated carbocycles. The van der Waals surface area contributed by atoms with Crippen LogP contribution in [0.5, 0.6) is 0 Å². The van der Waals surface area contributed by atoms with Crippen molar-refractivity contribution in [2.45, 2.75) is 20.4 Å². The third-order valence-corrected chi connectivity index (χ3v) is 4.15. The third kappa shape index (κ3) is 4.53. The summed E-state index contributed by atoms with van der Waals surface area (Å²) in [5, 5.41) is 16.3. The Morgan fingerprint density at radius 3 is 2.61 bits per heavy atom. The zero-order valence-electron chi connectivity index (χ0n) is 15.8. The molecule has 3 N–H and O–H groups in total. The van der Waals surface area contributed by atoms with Crippen LogP contribution in [0.2, 0.25) is 0 Å². The van der Waals surface area contributed by atoms with Gasteiger partial charge in [0.15, 0.2) is 5.82 Å². The number of hydrogen-bond donors (Lipinski definition) is 3. The van der Waals surface area contributed by atoms with Gasteiger partial charge in [0.25, 0.3) is 5.91 Å². The average molecular weight is 378 g/mol. The van der Waals surface area contributed by atoms with E-state index in [0.29, 0.717) is 23.6 Å². The second kappa shape index (κ2) is 8.81. The average Bonchev–Trinajstić information content (AvgIpc) is 3.17. The van der Waals surface area contributed by atoms with Crippen molar-refractivity contribution in [1.82, 2.24) is 25.4 Å². The lowest BCUT2D eigenvalue weighted by Crippen LogP contribution is -2.30. The summed E-state index contributed by atoms with van der Waals surface area (Å²) in [4.78, 5) is 24.3. The number of nitrogens with zero attached hydrogens (tertiary/aromatic N) is 3. The van der Waals surface area contributed by atoms with Crippen LogP contribution in [0, 0.1) is 6.92 Å². The first-order valence-electron chi connectivity index (χ1n) is 8.96. The van der Waals surface area contributed by atoms with Crippen LogP contribution < -0.4 is 16.0 Å². The summed E-state index contributed by atoms with van der Waals surface area (Å²) in [6.45, 7) is 4.46. The van der Waals surface area contributed by atoms with Gasteiger partial charge in [-0.3, -0.25) is 9.36 Å². The molecule has 0 saturated heterocycles. The molecular weight excluding hydrogens is 356 g/mol. The number of benzene rings is 2. The molecule has 0 radical (unpaired) electrons. The number of anilines is 1. The minimum atomic E-state index is -0.390. The van der Waals surface area contributed by atoms with Crippen molar-refractivity contribution in [3.05, 3.63) is 71.8 Å². The van der Waals surface area contributed by atoms with Crippen LogP contribution in [0.3, 0.4) is 0 Å². The normalized spacial score (nSPS) is 10.4. The molecule has 0 aliphatic rings. The van der Waals surface area contributed by atoms with Gasteiger partial charge >= 0.3 is 6.03 Å². The number of hydrogen-bond acceptors (Lipinski definition) is 4. The van der Waals surface area contributed by atoms with E-state index in [2.05, 4.69) is 26.1 Å². The summed E-state index contributed by atoms with van der Waals surface area (Å²) in [6, 6.07) is 14.4. The van der Waals surface area contributed by atoms with Gasteiger partial charge in [-0.15, -0.1) is 10.2 Å². The van der Waals surface area contributed by atoms with Gasteiger partial charge in [0.1, 0.15) is 6.33 Å². The van der Waals surface area contributed by atoms with E-state index < -0.39 is 6.03 Å². The van der Waals surface area contributed by atoms with Gasteiger partial charge in [0.2, 0.25) is 0 Å². The predicted molar refractivity (Wildman–Crippen MR) is 106 cm³/mol. The van der Waals surface area contributed by atoms with Gasteiger partial charge in [0, 0.05) is 23.5 Å². The Labute approximate surface area is 163 Å². The molecule has 1 aromatic heterocycles. The Hall–Kier alpha value is -3.68. The Balaban J connectivity index is 1.65. The SMILES string of the molecule is CCNC(=O)c1ccc(C)c(NC(=O)NCc2nncn2-c2ccccc2)c1. The minimum Gasteiger partial charge on any atom is -0.352 e. The lowest BCUT2D eigenvalue weighted by molar-refractivity contribution is 0.0956. The van der Waals surface area contributed by atoms with E-state index in [1.54, 1.807) is 29.1 Å². The molecule has 8 nitrogen and oxygen atoms in total. The fraction of sp³-hybridized carbons (Fsp3) is 0.200. The van der Waals surface area contributed by atoms with E-state index in [0.717, 1.165) is 11.3 Å². The van der Waals surface area contributed by atoms with E-state index in [9.17, 15) is 9.59 Å². The second-order valence-corrected chi connectivity index (χ2v) is 6.15. The first kappa shape index (κ1) is 19.1. The molecule has 0 aliphatic carbocycles. The molecule has 3 rings (SSSR count). The molecule has 144 valence electrons. The Kier molecular flexibility index (Phi) is 6.01. The van der Waals surface area contributed by atoms with Gasteiger partial charge in [-0.1, -0.05) is 24.3 Å². The third-order valence-electron chi connectivity index (χ3n) is 4.15. The number of carbonyl (C=O) groups excluding carboxylic acids is 2. The Morgan fingerprint density at radius 1 is 1.07 bits per heavy atom. The molecule has 3 amide bonds. The van der Waals surface area contributed by atoms with Crippen molar-refractivity contribution < 1.29 is 9.59 Å². The van der Waals surface area contributed by atoms with Crippen molar-refractivity contribution >= 4 is 17.6 Å². The molecule has 0 atom stereocenters. The van der Waals surface area contributed by atoms with E-state index in [4.69, 9.17) is 0 Å². The number of rotatable bonds is 6. The van der Waals surface area contributed by atoms with Crippen LogP contribution in [0.1, 0.15) is 28.7 Å². The molecule has 0 spiro atoms. The van der Waals surface area contributed by atoms with Crippen LogP contribution >= 0.6 is 0 Å². The second-order valence-electron chi connectivity index (χ2n) is 6.15. The van der Waals surface area contributed by atoms with Crippen LogP contribution in [0.4, 0.5) is 10.5 Å². The number of aryl methyl sites for hydroxylation is 1. The van der Waals surface area contributed by atoms with Crippen molar-refractivity contribution in [1.29, 1.82) is 0 Å². The molecule has 3 aromatic rings. The summed E-state index contributed by atoms with van der Waals surface area (Å²) >= 11 is 0. The lowest BCUT2D eigenvalue weighted by atomic mass is 10.1. The summed E-state index contributed by atoms with van der Waals surface area (Å²) in [5.74, 6) is 0.427. The van der Waals surface area contributed by atoms with Gasteiger partial charge in [-0.05, 0) is 43.7 Å². The van der Waals surface area contributed by atoms with Gasteiger partial charge in [-0.25, -0.2) is 4.79 Å². The molecule has 8 heteroatoms. The quantitative estimate of drug-likeness (QED) is 0.614. The number of nitrogens with one attached hydrogen (secondary N) is 3. The first-order chi connectivity index (χ1) is 13.6. The van der Waals surface area contributed by atoms with Crippen LogP contribution in [0.15, 0.2) is 54.9 Å². The van der Waals surface area contributed by atoms with E-state index in [1.807, 2.05) is 44.2 Å². The van der Waals surface area contributed by atoms with Crippen molar-refractivity contribution in [3.63, 3.8) is 0 Å². The number of carbonyl (C=O) groups is 2. The number of urea groups is 1. The minimum absolute atomic E-state index is 0.179. The standard InChI is InChI=1S/C20H22N6O2/c1-3-21-19(27)15-10-9-14(2)17(11-15)24-20(28)22-12-18-25-23-13-26(18)16-7-5-4-6-8-16/h4-11,13H,3,12H2,1-2H3,(H,21,27)(H2,22,24,28). The fourth-order valence-corrected chi connectivity index (χ4v) is 2.67. The Morgan fingerprint density at radius 2 is 1.86 bits per heavy atom. The highest BCUT2D eigenvalue weighted by molar-refractivity contribution is 5.97. The highest BCUT2D eigenvalue weighted by Crippen LogP contribution is 2.17. The maximum absolute atomic E-state index is 12.3. The maximum atomic E-state index is 12.3. The monoisotopic (exact) mass is 378 g/mol. The molecule has 1 heterocycles. The van der Waals surface area contributed by atoms with Gasteiger partial charge in [0.05, 0.1) is 6.54 Å². The largest absolute Gasteiger partial charge is 0.352 e. The van der Waals surface area contributed by atoms with Crippen LogP contribution in [0.25, 0.3) is 5.69 Å². The zero-order chi connectivity index (χ0) is 19.9. The van der Waals surface area contributed by atoms with Crippen molar-refractivity contribution in [2.24, 2.45) is 0 Å². The van der Waals surface area contributed by atoms with E-state index in [1.165, 1.54) is 0 Å². The summed E-state index contributed by atoms with van der Waals surface area (Å²) < 4.78 is 1.81. The molecule has 0 bridgehead atoms. The molecule has 0 aliphatic heterocycles. The maximum Gasteiger partial charge on any atom is 0.319 e.